The molecular formula is C12H14N2O4S. The summed E-state index contributed by atoms with van der Waals surface area (Å²) in [6.07, 6.45) is 6.83. The lowest BCUT2D eigenvalue weighted by Gasteiger charge is -2.17. The van der Waals surface area contributed by atoms with E-state index in [9.17, 15) is 13.2 Å². The number of sulfonamides is 1. The molecule has 102 valence electrons. The van der Waals surface area contributed by atoms with Crippen LogP contribution in [0.25, 0.3) is 0 Å². The van der Waals surface area contributed by atoms with Gasteiger partial charge in [0.2, 0.25) is 10.0 Å². The van der Waals surface area contributed by atoms with Gasteiger partial charge in [-0.25, -0.2) is 8.42 Å². The number of carboxylic acid groups (broad SMARTS) is 1. The van der Waals surface area contributed by atoms with Crippen LogP contribution >= 0.6 is 0 Å². The molecule has 0 aliphatic heterocycles. The first-order valence-electron chi connectivity index (χ1n) is 5.48. The van der Waals surface area contributed by atoms with Crippen LogP contribution in [0.15, 0.2) is 24.4 Å². The first kappa shape index (κ1) is 15.1. The molecular weight excluding hydrogens is 268 g/mol. The zero-order valence-electron chi connectivity index (χ0n) is 10.2. The van der Waals surface area contributed by atoms with E-state index in [0.29, 0.717) is 5.69 Å². The van der Waals surface area contributed by atoms with Crippen LogP contribution in [0, 0.1) is 12.3 Å². The minimum atomic E-state index is -3.71. The Morgan fingerprint density at radius 3 is 2.74 bits per heavy atom. The fraction of sp³-hybridized carbons (Fsp3) is 0.333. The molecule has 19 heavy (non-hydrogen) atoms. The lowest BCUT2D eigenvalue weighted by molar-refractivity contribution is -0.137. The maximum absolute atomic E-state index is 12.0. The summed E-state index contributed by atoms with van der Waals surface area (Å²) in [4.78, 5) is 14.6. The van der Waals surface area contributed by atoms with Gasteiger partial charge in [0.15, 0.2) is 0 Å². The van der Waals surface area contributed by atoms with Gasteiger partial charge in [-0.2, -0.15) is 4.31 Å². The molecule has 0 saturated carbocycles. The summed E-state index contributed by atoms with van der Waals surface area (Å²) in [7, 11) is -3.71. The van der Waals surface area contributed by atoms with Crippen LogP contribution in [0.3, 0.4) is 0 Å². The molecule has 1 heterocycles. The highest BCUT2D eigenvalue weighted by Gasteiger charge is 2.23. The molecule has 1 aromatic rings. The zero-order valence-corrected chi connectivity index (χ0v) is 11.0. The van der Waals surface area contributed by atoms with Gasteiger partial charge in [-0.1, -0.05) is 12.0 Å². The van der Waals surface area contributed by atoms with E-state index in [1.165, 1.54) is 0 Å². The Bertz CT molecular complexity index is 563. The van der Waals surface area contributed by atoms with Crippen LogP contribution in [0.4, 0.5) is 0 Å². The lowest BCUT2D eigenvalue weighted by atomic mass is 10.3. The van der Waals surface area contributed by atoms with Crippen molar-refractivity contribution in [1.29, 1.82) is 0 Å². The molecule has 0 bridgehead atoms. The molecule has 6 nitrogen and oxygen atoms in total. The summed E-state index contributed by atoms with van der Waals surface area (Å²) >= 11 is 0. The Hall–Kier alpha value is -1.91. The third-order valence-electron chi connectivity index (χ3n) is 2.31. The maximum Gasteiger partial charge on any atom is 0.318 e. The number of terminal acetylenes is 1. The number of pyridine rings is 1. The monoisotopic (exact) mass is 282 g/mol. The van der Waals surface area contributed by atoms with Crippen LogP contribution in [0.5, 0.6) is 0 Å². The number of rotatable bonds is 7. The molecule has 0 aliphatic rings. The number of carbonyl (C=O) groups is 1. The van der Waals surface area contributed by atoms with E-state index in [2.05, 4.69) is 10.9 Å². The van der Waals surface area contributed by atoms with Crippen LogP contribution in [0.2, 0.25) is 0 Å². The summed E-state index contributed by atoms with van der Waals surface area (Å²) in [6.45, 7) is -0.883. The average molecular weight is 282 g/mol. The van der Waals surface area contributed by atoms with Crippen LogP contribution in [0.1, 0.15) is 5.69 Å². The molecule has 0 spiro atoms. The lowest BCUT2D eigenvalue weighted by Crippen LogP contribution is -2.38. The quantitative estimate of drug-likeness (QED) is 0.710. The highest BCUT2D eigenvalue weighted by molar-refractivity contribution is 7.89. The molecule has 1 aromatic heterocycles. The molecule has 0 aliphatic carbocycles. The second-order valence-corrected chi connectivity index (χ2v) is 5.84. The van der Waals surface area contributed by atoms with Crippen molar-refractivity contribution in [2.45, 2.75) is 6.42 Å². The summed E-state index contributed by atoms with van der Waals surface area (Å²) < 4.78 is 24.7. The number of hydrogen-bond acceptors (Lipinski definition) is 4. The van der Waals surface area contributed by atoms with Crippen molar-refractivity contribution in [3.63, 3.8) is 0 Å². The van der Waals surface area contributed by atoms with Gasteiger partial charge in [0, 0.05) is 18.3 Å². The van der Waals surface area contributed by atoms with E-state index in [4.69, 9.17) is 11.5 Å². The van der Waals surface area contributed by atoms with Gasteiger partial charge in [0.05, 0.1) is 12.3 Å². The summed E-state index contributed by atoms with van der Waals surface area (Å²) in [5, 5.41) is 8.67. The van der Waals surface area contributed by atoms with Crippen molar-refractivity contribution >= 4 is 16.0 Å². The fourth-order valence-electron chi connectivity index (χ4n) is 1.41. The first-order chi connectivity index (χ1) is 8.95. The van der Waals surface area contributed by atoms with Gasteiger partial charge < -0.3 is 5.11 Å². The van der Waals surface area contributed by atoms with Crippen molar-refractivity contribution < 1.29 is 18.3 Å². The Kier molecular flexibility index (Phi) is 5.48. The number of aromatic nitrogens is 1. The van der Waals surface area contributed by atoms with Crippen molar-refractivity contribution in [3.05, 3.63) is 30.1 Å². The van der Waals surface area contributed by atoms with E-state index in [1.807, 2.05) is 0 Å². The second-order valence-electron chi connectivity index (χ2n) is 3.75. The number of aryl methyl sites for hydroxylation is 1. The largest absolute Gasteiger partial charge is 0.480 e. The smallest absolute Gasteiger partial charge is 0.318 e. The Labute approximate surface area is 112 Å². The van der Waals surface area contributed by atoms with E-state index in [-0.39, 0.29) is 18.7 Å². The van der Waals surface area contributed by atoms with Gasteiger partial charge in [0.25, 0.3) is 0 Å². The molecule has 0 fully saturated rings. The molecule has 0 unspecified atom stereocenters. The third-order valence-corrected chi connectivity index (χ3v) is 4.08. The number of hydrogen-bond donors (Lipinski definition) is 1. The number of nitrogens with zero attached hydrogens (tertiary/aromatic N) is 2. The predicted molar refractivity (Wildman–Crippen MR) is 69.8 cm³/mol. The molecule has 0 atom stereocenters. The SMILES string of the molecule is C#CCN(CC(=O)O)S(=O)(=O)CCc1ccccn1. The van der Waals surface area contributed by atoms with Crippen LogP contribution in [-0.4, -0.2) is 47.6 Å². The minimum Gasteiger partial charge on any atom is -0.480 e. The summed E-state index contributed by atoms with van der Waals surface area (Å²) in [6, 6.07) is 5.19. The molecule has 0 amide bonds. The van der Waals surface area contributed by atoms with E-state index in [0.717, 1.165) is 4.31 Å². The van der Waals surface area contributed by atoms with Crippen molar-refractivity contribution in [1.82, 2.24) is 9.29 Å². The van der Waals surface area contributed by atoms with Crippen molar-refractivity contribution in [2.75, 3.05) is 18.8 Å². The molecule has 1 rings (SSSR count). The Morgan fingerprint density at radius 2 is 2.21 bits per heavy atom. The van der Waals surface area contributed by atoms with Gasteiger partial charge in [-0.3, -0.25) is 9.78 Å². The average Bonchev–Trinajstić information content (AvgIpc) is 2.37. The van der Waals surface area contributed by atoms with Gasteiger partial charge in [0.1, 0.15) is 6.54 Å². The third kappa shape index (κ3) is 5.07. The second kappa shape index (κ2) is 6.87. The van der Waals surface area contributed by atoms with Gasteiger partial charge >= 0.3 is 5.97 Å². The van der Waals surface area contributed by atoms with Crippen molar-refractivity contribution in [2.24, 2.45) is 0 Å². The standard InChI is InChI=1S/C12H14N2O4S/c1-2-8-14(10-12(15)16)19(17,18)9-6-11-5-3-4-7-13-11/h1,3-5,7H,6,8-10H2,(H,15,16). The first-order valence-corrected chi connectivity index (χ1v) is 7.09. The highest BCUT2D eigenvalue weighted by atomic mass is 32.2. The zero-order chi connectivity index (χ0) is 14.3. The molecule has 0 radical (unpaired) electrons. The maximum atomic E-state index is 12.0. The topological polar surface area (TPSA) is 87.6 Å². The molecule has 0 aromatic carbocycles. The number of carboxylic acids is 1. The Balaban J connectivity index is 2.72. The predicted octanol–water partition coefficient (Wildman–Crippen LogP) is -0.0263. The van der Waals surface area contributed by atoms with E-state index in [1.54, 1.807) is 24.4 Å². The van der Waals surface area contributed by atoms with Crippen LogP contribution in [-0.2, 0) is 21.2 Å². The Morgan fingerprint density at radius 1 is 1.47 bits per heavy atom. The summed E-state index contributed by atoms with van der Waals surface area (Å²) in [5.41, 5.74) is 0.627. The summed E-state index contributed by atoms with van der Waals surface area (Å²) in [5.74, 6) is 0.683. The van der Waals surface area contributed by atoms with E-state index < -0.39 is 22.5 Å². The van der Waals surface area contributed by atoms with Crippen LogP contribution < -0.4 is 0 Å². The number of aliphatic carboxylic acids is 1. The molecule has 0 saturated heterocycles. The highest BCUT2D eigenvalue weighted by Crippen LogP contribution is 2.05. The fourth-order valence-corrected chi connectivity index (χ4v) is 2.72. The molecule has 1 N–H and O–H groups in total. The molecule has 7 heteroatoms. The van der Waals surface area contributed by atoms with Crippen molar-refractivity contribution in [3.8, 4) is 12.3 Å². The van der Waals surface area contributed by atoms with Gasteiger partial charge in [-0.15, -0.1) is 6.42 Å². The van der Waals surface area contributed by atoms with Gasteiger partial charge in [-0.05, 0) is 12.1 Å². The minimum absolute atomic E-state index is 0.212. The van der Waals surface area contributed by atoms with E-state index >= 15 is 0 Å². The normalized spacial score (nSPS) is 11.2.